The summed E-state index contributed by atoms with van der Waals surface area (Å²) >= 11 is 2.37. The fourth-order valence-electron chi connectivity index (χ4n) is 2.99. The summed E-state index contributed by atoms with van der Waals surface area (Å²) in [6.07, 6.45) is 5.38. The largest absolute Gasteiger partial charge is 0.378 e. The Kier molecular flexibility index (Phi) is 4.15. The second-order valence-corrected chi connectivity index (χ2v) is 7.33. The molecular weight excluding hydrogens is 349 g/mol. The Bertz CT molecular complexity index is 429. The first kappa shape index (κ1) is 13.8. The fraction of sp³-hybridized carbons (Fsp3) is 0.625. The van der Waals surface area contributed by atoms with Crippen LogP contribution in [-0.4, -0.2) is 25.3 Å². The van der Waals surface area contributed by atoms with Crippen molar-refractivity contribution < 1.29 is 4.74 Å². The summed E-state index contributed by atoms with van der Waals surface area (Å²) in [5.74, 6) is 0. The van der Waals surface area contributed by atoms with Crippen molar-refractivity contribution in [2.45, 2.75) is 44.8 Å². The Morgan fingerprint density at radius 3 is 2.63 bits per heavy atom. The molecule has 0 aromatic heterocycles. The number of ether oxygens (including phenoxy) is 1. The molecule has 3 rings (SSSR count). The van der Waals surface area contributed by atoms with Gasteiger partial charge in [0.25, 0.3) is 0 Å². The van der Waals surface area contributed by atoms with Gasteiger partial charge in [0, 0.05) is 28.2 Å². The van der Waals surface area contributed by atoms with Crippen LogP contribution < -0.4 is 5.32 Å². The number of benzene rings is 1. The molecule has 19 heavy (non-hydrogen) atoms. The van der Waals surface area contributed by atoms with E-state index >= 15 is 0 Å². The van der Waals surface area contributed by atoms with Crippen LogP contribution in [0.15, 0.2) is 24.3 Å². The van der Waals surface area contributed by atoms with Crippen molar-refractivity contribution in [1.29, 1.82) is 0 Å². The molecule has 1 aromatic carbocycles. The monoisotopic (exact) mass is 371 g/mol. The van der Waals surface area contributed by atoms with Crippen molar-refractivity contribution in [1.82, 2.24) is 5.32 Å². The first-order valence-corrected chi connectivity index (χ1v) is 8.35. The van der Waals surface area contributed by atoms with Gasteiger partial charge in [0.1, 0.15) is 0 Å². The van der Waals surface area contributed by atoms with Crippen LogP contribution >= 0.6 is 22.6 Å². The molecule has 1 N–H and O–H groups in total. The molecule has 2 nitrogen and oxygen atoms in total. The number of halogens is 1. The first-order valence-electron chi connectivity index (χ1n) is 7.27. The third-order valence-electron chi connectivity index (χ3n) is 4.62. The van der Waals surface area contributed by atoms with E-state index in [4.69, 9.17) is 4.74 Å². The molecule has 2 aliphatic rings. The van der Waals surface area contributed by atoms with E-state index in [9.17, 15) is 0 Å². The highest BCUT2D eigenvalue weighted by Gasteiger charge is 2.42. The van der Waals surface area contributed by atoms with E-state index < -0.39 is 0 Å². The standard InChI is InChI=1S/C16H22INO/c1-12-16(8-9-19-12,11-18-15-6-7-15)10-13-2-4-14(17)5-3-13/h2-5,12,15,18H,6-11H2,1H3. The molecule has 0 amide bonds. The lowest BCUT2D eigenvalue weighted by molar-refractivity contribution is 0.0628. The molecule has 0 spiro atoms. The third kappa shape index (κ3) is 3.31. The van der Waals surface area contributed by atoms with Crippen LogP contribution in [0.1, 0.15) is 31.7 Å². The normalized spacial score (nSPS) is 30.7. The lowest BCUT2D eigenvalue weighted by atomic mass is 9.76. The van der Waals surface area contributed by atoms with E-state index in [-0.39, 0.29) is 5.41 Å². The third-order valence-corrected chi connectivity index (χ3v) is 5.34. The molecule has 3 heteroatoms. The number of rotatable bonds is 5. The van der Waals surface area contributed by atoms with Gasteiger partial charge >= 0.3 is 0 Å². The molecule has 0 bridgehead atoms. The Balaban J connectivity index is 1.72. The van der Waals surface area contributed by atoms with Crippen molar-refractivity contribution in [2.24, 2.45) is 5.41 Å². The van der Waals surface area contributed by atoms with Gasteiger partial charge in [-0.3, -0.25) is 0 Å². The van der Waals surface area contributed by atoms with Crippen molar-refractivity contribution in [3.8, 4) is 0 Å². The lowest BCUT2D eigenvalue weighted by Crippen LogP contribution is -2.42. The lowest BCUT2D eigenvalue weighted by Gasteiger charge is -2.33. The molecule has 2 unspecified atom stereocenters. The minimum Gasteiger partial charge on any atom is -0.378 e. The van der Waals surface area contributed by atoms with E-state index in [1.165, 1.54) is 28.4 Å². The summed E-state index contributed by atoms with van der Waals surface area (Å²) in [5.41, 5.74) is 1.73. The topological polar surface area (TPSA) is 21.3 Å². The molecule has 2 atom stereocenters. The summed E-state index contributed by atoms with van der Waals surface area (Å²) in [5, 5.41) is 3.72. The zero-order valence-corrected chi connectivity index (χ0v) is 13.7. The smallest absolute Gasteiger partial charge is 0.0619 e. The van der Waals surface area contributed by atoms with E-state index in [1.54, 1.807) is 0 Å². The van der Waals surface area contributed by atoms with Gasteiger partial charge in [0.2, 0.25) is 0 Å². The predicted octanol–water partition coefficient (Wildman–Crippen LogP) is 3.38. The summed E-state index contributed by atoms with van der Waals surface area (Å²) in [6.45, 7) is 4.26. The van der Waals surface area contributed by atoms with Crippen molar-refractivity contribution in [3.63, 3.8) is 0 Å². The summed E-state index contributed by atoms with van der Waals surface area (Å²) in [7, 11) is 0. The van der Waals surface area contributed by atoms with Gasteiger partial charge in [0.05, 0.1) is 6.10 Å². The van der Waals surface area contributed by atoms with Gasteiger partial charge in [-0.05, 0) is 72.9 Å². The SMILES string of the molecule is CC1OCCC1(CNC1CC1)Cc1ccc(I)cc1. The van der Waals surface area contributed by atoms with Gasteiger partial charge in [0.15, 0.2) is 0 Å². The Morgan fingerprint density at radius 1 is 1.32 bits per heavy atom. The molecule has 1 aliphatic carbocycles. The Hall–Kier alpha value is -0.130. The van der Waals surface area contributed by atoms with E-state index in [2.05, 4.69) is 59.1 Å². The molecule has 1 heterocycles. The van der Waals surface area contributed by atoms with Crippen molar-refractivity contribution in [3.05, 3.63) is 33.4 Å². The van der Waals surface area contributed by atoms with Crippen LogP contribution in [0, 0.1) is 8.99 Å². The van der Waals surface area contributed by atoms with Crippen LogP contribution in [0.2, 0.25) is 0 Å². The van der Waals surface area contributed by atoms with Crippen molar-refractivity contribution >= 4 is 22.6 Å². The van der Waals surface area contributed by atoms with Gasteiger partial charge in [-0.2, -0.15) is 0 Å². The quantitative estimate of drug-likeness (QED) is 0.802. The maximum atomic E-state index is 5.88. The van der Waals surface area contributed by atoms with Crippen LogP contribution in [0.4, 0.5) is 0 Å². The highest BCUT2D eigenvalue weighted by Crippen LogP contribution is 2.38. The number of hydrogen-bond acceptors (Lipinski definition) is 2. The summed E-state index contributed by atoms with van der Waals surface area (Å²) < 4.78 is 7.18. The molecule has 104 valence electrons. The zero-order chi connectivity index (χ0) is 13.3. The van der Waals surface area contributed by atoms with Crippen LogP contribution in [-0.2, 0) is 11.2 Å². The Labute approximate surface area is 129 Å². The van der Waals surface area contributed by atoms with E-state index in [0.717, 1.165) is 25.6 Å². The molecule has 1 aliphatic heterocycles. The average molecular weight is 371 g/mol. The maximum Gasteiger partial charge on any atom is 0.0619 e. The molecule has 2 fully saturated rings. The highest BCUT2D eigenvalue weighted by atomic mass is 127. The minimum absolute atomic E-state index is 0.287. The van der Waals surface area contributed by atoms with Gasteiger partial charge in [-0.15, -0.1) is 0 Å². The van der Waals surface area contributed by atoms with Gasteiger partial charge in [-0.1, -0.05) is 12.1 Å². The molecule has 0 radical (unpaired) electrons. The molecule has 1 aromatic rings. The second kappa shape index (κ2) is 5.70. The number of hydrogen-bond donors (Lipinski definition) is 1. The summed E-state index contributed by atoms with van der Waals surface area (Å²) in [6, 6.07) is 9.73. The number of nitrogens with one attached hydrogen (secondary N) is 1. The van der Waals surface area contributed by atoms with Crippen molar-refractivity contribution in [2.75, 3.05) is 13.2 Å². The Morgan fingerprint density at radius 2 is 2.05 bits per heavy atom. The molecular formula is C16H22INO. The average Bonchev–Trinajstić information content (AvgIpc) is 3.17. The van der Waals surface area contributed by atoms with Crippen LogP contribution in [0.5, 0.6) is 0 Å². The van der Waals surface area contributed by atoms with Crippen LogP contribution in [0.25, 0.3) is 0 Å². The van der Waals surface area contributed by atoms with E-state index in [0.29, 0.717) is 6.10 Å². The van der Waals surface area contributed by atoms with Crippen LogP contribution in [0.3, 0.4) is 0 Å². The minimum atomic E-state index is 0.287. The van der Waals surface area contributed by atoms with Gasteiger partial charge in [-0.25, -0.2) is 0 Å². The highest BCUT2D eigenvalue weighted by molar-refractivity contribution is 14.1. The first-order chi connectivity index (χ1) is 9.18. The fourth-order valence-corrected chi connectivity index (χ4v) is 3.35. The van der Waals surface area contributed by atoms with E-state index in [1.807, 2.05) is 0 Å². The zero-order valence-electron chi connectivity index (χ0n) is 11.5. The predicted molar refractivity (Wildman–Crippen MR) is 86.4 cm³/mol. The van der Waals surface area contributed by atoms with Gasteiger partial charge < -0.3 is 10.1 Å². The summed E-state index contributed by atoms with van der Waals surface area (Å²) in [4.78, 5) is 0. The second-order valence-electron chi connectivity index (χ2n) is 6.08. The molecule has 1 saturated carbocycles. The molecule has 1 saturated heterocycles. The maximum absolute atomic E-state index is 5.88.